The van der Waals surface area contributed by atoms with Crippen LogP contribution in [0, 0.1) is 0 Å². The number of nitrogens with one attached hydrogen (secondary N) is 1. The molecular weight excluding hydrogens is 386 g/mol. The van der Waals surface area contributed by atoms with Crippen LogP contribution in [-0.2, 0) is 23.9 Å². The number of carbonyl (C=O) groups excluding carboxylic acids is 3. The average Bonchev–Trinajstić information content (AvgIpc) is 2.75. The number of methoxy groups -OCH3 is 1. The van der Waals surface area contributed by atoms with Gasteiger partial charge in [0.2, 0.25) is 5.91 Å². The summed E-state index contributed by atoms with van der Waals surface area (Å²) in [7, 11) is 1.61. The van der Waals surface area contributed by atoms with E-state index in [2.05, 4.69) is 5.32 Å². The predicted molar refractivity (Wildman–Crippen MR) is 113 cm³/mol. The van der Waals surface area contributed by atoms with Gasteiger partial charge in [0.05, 0.1) is 26.2 Å². The van der Waals surface area contributed by atoms with Crippen molar-refractivity contribution in [3.8, 4) is 5.75 Å². The summed E-state index contributed by atoms with van der Waals surface area (Å²) in [5.74, 6) is -1.02. The Labute approximate surface area is 176 Å². The molecule has 2 aromatic rings. The average molecular weight is 415 g/mol. The maximum atomic E-state index is 12.8. The van der Waals surface area contributed by atoms with Crippen LogP contribution in [0.4, 0.5) is 0 Å². The topological polar surface area (TPSA) is 90.9 Å². The van der Waals surface area contributed by atoms with Crippen molar-refractivity contribution in [2.75, 3.05) is 20.3 Å². The van der Waals surface area contributed by atoms with Crippen LogP contribution in [-0.4, -0.2) is 44.2 Å². The lowest BCUT2D eigenvalue weighted by molar-refractivity contribution is -0.149. The lowest BCUT2D eigenvalue weighted by atomic mass is 9.96. The van der Waals surface area contributed by atoms with Gasteiger partial charge in [-0.3, -0.25) is 9.59 Å². The Kier molecular flexibility index (Phi) is 8.65. The smallest absolute Gasteiger partial charge is 0.328 e. The molecule has 2 rings (SSSR count). The first-order valence-corrected chi connectivity index (χ1v) is 10.1. The number of benzene rings is 2. The molecule has 0 bridgehead atoms. The maximum absolute atomic E-state index is 12.8. The van der Waals surface area contributed by atoms with Crippen molar-refractivity contribution < 1.29 is 28.6 Å². The van der Waals surface area contributed by atoms with Crippen molar-refractivity contribution in [1.29, 1.82) is 0 Å². The number of ether oxygens (including phenoxy) is 3. The molecule has 30 heavy (non-hydrogen) atoms. The molecule has 0 aliphatic carbocycles. The van der Waals surface area contributed by atoms with E-state index in [1.807, 2.05) is 36.4 Å². The minimum Gasteiger partial charge on any atom is -0.497 e. The third-order valence-corrected chi connectivity index (χ3v) is 4.79. The molecule has 7 nitrogen and oxygen atoms in total. The highest BCUT2D eigenvalue weighted by Gasteiger charge is 2.26. The van der Waals surface area contributed by atoms with E-state index in [1.54, 1.807) is 27.9 Å². The molecule has 0 aliphatic rings. The van der Waals surface area contributed by atoms with Gasteiger partial charge < -0.3 is 19.5 Å². The standard InChI is InChI=1S/C23H29NO6/c1-5-29-21(25)12-11-20(23(27)30-6-2)24-22(26)15(3)16-7-8-18-14-19(28-4)10-9-17(18)13-16/h7-10,13-15,20H,5-6,11-12H2,1-4H3,(H,24,26)/t15-,20-/m0/s1. The van der Waals surface area contributed by atoms with Gasteiger partial charge in [-0.05, 0) is 55.7 Å². The first-order chi connectivity index (χ1) is 14.4. The highest BCUT2D eigenvalue weighted by atomic mass is 16.5. The summed E-state index contributed by atoms with van der Waals surface area (Å²) in [6.07, 6.45) is 0.136. The zero-order chi connectivity index (χ0) is 22.1. The zero-order valence-electron chi connectivity index (χ0n) is 17.9. The minimum absolute atomic E-state index is 0.0176. The second kappa shape index (κ2) is 11.2. The molecule has 0 heterocycles. The van der Waals surface area contributed by atoms with Gasteiger partial charge in [-0.1, -0.05) is 24.3 Å². The van der Waals surface area contributed by atoms with E-state index in [0.29, 0.717) is 0 Å². The van der Waals surface area contributed by atoms with Gasteiger partial charge in [0.15, 0.2) is 0 Å². The third kappa shape index (κ3) is 6.20. The quantitative estimate of drug-likeness (QED) is 0.599. The molecule has 0 aromatic heterocycles. The van der Waals surface area contributed by atoms with E-state index in [-0.39, 0.29) is 32.0 Å². The fraction of sp³-hybridized carbons (Fsp3) is 0.435. The van der Waals surface area contributed by atoms with Gasteiger partial charge in [-0.2, -0.15) is 0 Å². The highest BCUT2D eigenvalue weighted by molar-refractivity contribution is 5.90. The summed E-state index contributed by atoms with van der Waals surface area (Å²) >= 11 is 0. The lowest BCUT2D eigenvalue weighted by Gasteiger charge is -2.20. The molecule has 2 aromatic carbocycles. The van der Waals surface area contributed by atoms with Crippen LogP contribution in [0.5, 0.6) is 5.75 Å². The number of rotatable bonds is 10. The van der Waals surface area contributed by atoms with Crippen molar-refractivity contribution >= 4 is 28.6 Å². The van der Waals surface area contributed by atoms with Crippen molar-refractivity contribution in [1.82, 2.24) is 5.32 Å². The van der Waals surface area contributed by atoms with E-state index >= 15 is 0 Å². The minimum atomic E-state index is -0.908. The molecule has 0 unspecified atom stereocenters. The van der Waals surface area contributed by atoms with E-state index in [0.717, 1.165) is 22.1 Å². The van der Waals surface area contributed by atoms with Crippen LogP contribution in [0.15, 0.2) is 36.4 Å². The first kappa shape index (κ1) is 23.2. The number of hydrogen-bond acceptors (Lipinski definition) is 6. The van der Waals surface area contributed by atoms with Crippen LogP contribution in [0.2, 0.25) is 0 Å². The second-order valence-corrected chi connectivity index (χ2v) is 6.85. The first-order valence-electron chi connectivity index (χ1n) is 10.1. The Morgan fingerprint density at radius 3 is 2.30 bits per heavy atom. The summed E-state index contributed by atoms with van der Waals surface area (Å²) in [6, 6.07) is 10.6. The van der Waals surface area contributed by atoms with Crippen molar-refractivity contribution in [2.45, 2.75) is 45.6 Å². The zero-order valence-corrected chi connectivity index (χ0v) is 17.9. The van der Waals surface area contributed by atoms with E-state index in [9.17, 15) is 14.4 Å². The summed E-state index contributed by atoms with van der Waals surface area (Å²) in [6.45, 7) is 5.63. The van der Waals surface area contributed by atoms with Gasteiger partial charge in [0.1, 0.15) is 11.8 Å². The van der Waals surface area contributed by atoms with Crippen LogP contribution in [0.1, 0.15) is 45.1 Å². The Morgan fingerprint density at radius 1 is 0.967 bits per heavy atom. The van der Waals surface area contributed by atoms with Crippen molar-refractivity contribution in [2.24, 2.45) is 0 Å². The third-order valence-electron chi connectivity index (χ3n) is 4.79. The van der Waals surface area contributed by atoms with Crippen LogP contribution in [0.3, 0.4) is 0 Å². The van der Waals surface area contributed by atoms with Crippen molar-refractivity contribution in [3.05, 3.63) is 42.0 Å². The fourth-order valence-electron chi connectivity index (χ4n) is 3.07. The molecule has 7 heteroatoms. The molecular formula is C23H29NO6. The Bertz CT molecular complexity index is 894. The number of amides is 1. The summed E-state index contributed by atoms with van der Waals surface area (Å²) in [5.41, 5.74) is 0.818. The molecule has 0 fully saturated rings. The normalized spacial score (nSPS) is 12.7. The second-order valence-electron chi connectivity index (χ2n) is 6.85. The predicted octanol–water partition coefficient (Wildman–Crippen LogP) is 3.34. The van der Waals surface area contributed by atoms with Gasteiger partial charge in [-0.25, -0.2) is 4.79 Å². The number of carbonyl (C=O) groups is 3. The van der Waals surface area contributed by atoms with E-state index in [1.165, 1.54) is 0 Å². The molecule has 0 saturated carbocycles. The molecule has 0 saturated heterocycles. The molecule has 2 atom stereocenters. The summed E-state index contributed by atoms with van der Waals surface area (Å²) < 4.78 is 15.2. The van der Waals surface area contributed by atoms with Gasteiger partial charge in [-0.15, -0.1) is 0 Å². The molecule has 0 spiro atoms. The molecule has 0 radical (unpaired) electrons. The Morgan fingerprint density at radius 2 is 1.63 bits per heavy atom. The number of hydrogen-bond donors (Lipinski definition) is 1. The molecule has 0 aliphatic heterocycles. The van der Waals surface area contributed by atoms with Gasteiger partial charge >= 0.3 is 11.9 Å². The number of fused-ring (bicyclic) bond motifs is 1. The number of esters is 2. The van der Waals surface area contributed by atoms with Crippen LogP contribution in [0.25, 0.3) is 10.8 Å². The maximum Gasteiger partial charge on any atom is 0.328 e. The molecule has 1 amide bonds. The SMILES string of the molecule is CCOC(=O)CC[C@H](NC(=O)[C@@H](C)c1ccc2cc(OC)ccc2c1)C(=O)OCC. The van der Waals surface area contributed by atoms with Crippen molar-refractivity contribution in [3.63, 3.8) is 0 Å². The van der Waals surface area contributed by atoms with E-state index < -0.39 is 23.9 Å². The molecule has 1 N–H and O–H groups in total. The van der Waals surface area contributed by atoms with Gasteiger partial charge in [0.25, 0.3) is 0 Å². The Hall–Kier alpha value is -3.09. The van der Waals surface area contributed by atoms with E-state index in [4.69, 9.17) is 14.2 Å². The fourth-order valence-corrected chi connectivity index (χ4v) is 3.07. The van der Waals surface area contributed by atoms with Gasteiger partial charge in [0, 0.05) is 6.42 Å². The van der Waals surface area contributed by atoms with Crippen LogP contribution >= 0.6 is 0 Å². The summed E-state index contributed by atoms with van der Waals surface area (Å²) in [4.78, 5) is 36.7. The monoisotopic (exact) mass is 415 g/mol. The Balaban J connectivity index is 2.11. The lowest BCUT2D eigenvalue weighted by Crippen LogP contribution is -2.43. The summed E-state index contributed by atoms with van der Waals surface area (Å²) in [5, 5.41) is 4.71. The molecule has 162 valence electrons. The highest BCUT2D eigenvalue weighted by Crippen LogP contribution is 2.25. The largest absolute Gasteiger partial charge is 0.497 e. The van der Waals surface area contributed by atoms with Crippen LogP contribution < -0.4 is 10.1 Å².